The molecule has 108 valence electrons. The van der Waals surface area contributed by atoms with E-state index in [2.05, 4.69) is 0 Å². The smallest absolute Gasteiger partial charge is 0.325 e. The molecule has 2 aromatic rings. The highest BCUT2D eigenvalue weighted by molar-refractivity contribution is 7.85. The van der Waals surface area contributed by atoms with Gasteiger partial charge in [0, 0.05) is 0 Å². The molecule has 0 aromatic heterocycles. The largest absolute Gasteiger partial charge is 0.459 e. The van der Waals surface area contributed by atoms with Gasteiger partial charge in [0.25, 0.3) is 0 Å². The molecule has 1 atom stereocenters. The maximum Gasteiger partial charge on any atom is 0.325 e. The average Bonchev–Trinajstić information content (AvgIpc) is 2.83. The molecule has 1 aliphatic heterocycles. The van der Waals surface area contributed by atoms with Crippen molar-refractivity contribution < 1.29 is 13.7 Å². The van der Waals surface area contributed by atoms with Crippen molar-refractivity contribution in [3.05, 3.63) is 60.2 Å². The normalized spacial score (nSPS) is 16.6. The van der Waals surface area contributed by atoms with E-state index in [-0.39, 0.29) is 19.1 Å². The van der Waals surface area contributed by atoms with E-state index in [1.807, 2.05) is 54.6 Å². The van der Waals surface area contributed by atoms with Gasteiger partial charge in [-0.05, 0) is 17.7 Å². The predicted octanol–water partition coefficient (Wildman–Crippen LogP) is 2.32. The molecule has 1 heterocycles. The van der Waals surface area contributed by atoms with Gasteiger partial charge in [-0.2, -0.15) is 0 Å². The van der Waals surface area contributed by atoms with Gasteiger partial charge in [-0.15, -0.1) is 0 Å². The average molecular weight is 301 g/mol. The van der Waals surface area contributed by atoms with E-state index in [0.29, 0.717) is 5.88 Å². The van der Waals surface area contributed by atoms with E-state index in [1.165, 1.54) is 0 Å². The summed E-state index contributed by atoms with van der Waals surface area (Å²) < 4.78 is 17.2. The third kappa shape index (κ3) is 3.13. The van der Waals surface area contributed by atoms with Crippen LogP contribution in [0.15, 0.2) is 59.5 Å². The van der Waals surface area contributed by atoms with Crippen LogP contribution in [0.25, 0.3) is 0 Å². The molecule has 0 spiro atoms. The van der Waals surface area contributed by atoms with Crippen LogP contribution < -0.4 is 4.90 Å². The first-order valence-corrected chi connectivity index (χ1v) is 7.98. The lowest BCUT2D eigenvalue weighted by Gasteiger charge is -2.16. The Labute approximate surface area is 125 Å². The lowest BCUT2D eigenvalue weighted by Crippen LogP contribution is -2.29. The first-order valence-electron chi connectivity index (χ1n) is 6.66. The van der Waals surface area contributed by atoms with Crippen molar-refractivity contribution in [3.8, 4) is 0 Å². The van der Waals surface area contributed by atoms with Gasteiger partial charge in [-0.3, -0.25) is 9.00 Å². The maximum atomic E-state index is 12.0. The summed E-state index contributed by atoms with van der Waals surface area (Å²) in [6.07, 6.45) is 0. The minimum absolute atomic E-state index is 0.121. The van der Waals surface area contributed by atoms with Crippen molar-refractivity contribution in [1.82, 2.24) is 0 Å². The van der Waals surface area contributed by atoms with E-state index < -0.39 is 10.8 Å². The highest BCUT2D eigenvalue weighted by atomic mass is 32.2. The molecule has 1 aliphatic rings. The Morgan fingerprint density at radius 3 is 2.62 bits per heavy atom. The number of nitrogens with zero attached hydrogens (tertiary/aromatic N) is 1. The third-order valence-electron chi connectivity index (χ3n) is 3.29. The van der Waals surface area contributed by atoms with E-state index in [9.17, 15) is 9.00 Å². The zero-order chi connectivity index (χ0) is 14.7. The van der Waals surface area contributed by atoms with Crippen LogP contribution in [0.2, 0.25) is 0 Å². The summed E-state index contributed by atoms with van der Waals surface area (Å²) in [6.45, 7) is 0.383. The number of fused-ring (bicyclic) bond motifs is 1. The summed E-state index contributed by atoms with van der Waals surface area (Å²) in [5.41, 5.74) is 1.81. The Kier molecular flexibility index (Phi) is 4.01. The summed E-state index contributed by atoms with van der Waals surface area (Å²) in [7, 11) is -1.07. The number of esters is 1. The summed E-state index contributed by atoms with van der Waals surface area (Å²) in [5.74, 6) is 0.0346. The topological polar surface area (TPSA) is 46.6 Å². The standard InChI is InChI=1S/C16H15NO3S/c18-16(20-11-13-6-2-1-3-7-13)10-17-12-21(19)15-9-5-4-8-14(15)17/h1-9H,10-12H2. The number of ether oxygens (including phenoxy) is 1. The van der Waals surface area contributed by atoms with E-state index in [1.54, 1.807) is 4.90 Å². The van der Waals surface area contributed by atoms with Crippen LogP contribution in [-0.4, -0.2) is 22.6 Å². The lowest BCUT2D eigenvalue weighted by atomic mass is 10.2. The predicted molar refractivity (Wildman–Crippen MR) is 81.3 cm³/mol. The highest BCUT2D eigenvalue weighted by Crippen LogP contribution is 2.30. The number of benzene rings is 2. The van der Waals surface area contributed by atoms with Crippen LogP contribution in [-0.2, 0) is 26.9 Å². The van der Waals surface area contributed by atoms with Crippen LogP contribution >= 0.6 is 0 Å². The SMILES string of the molecule is O=C(CN1CS(=O)c2ccccc21)OCc1ccccc1. The van der Waals surface area contributed by atoms with Gasteiger partial charge in [0.1, 0.15) is 13.2 Å². The lowest BCUT2D eigenvalue weighted by molar-refractivity contribution is -0.143. The van der Waals surface area contributed by atoms with Crippen LogP contribution in [0.4, 0.5) is 5.69 Å². The minimum atomic E-state index is -1.07. The van der Waals surface area contributed by atoms with Gasteiger partial charge in [0.2, 0.25) is 0 Å². The fourth-order valence-corrected chi connectivity index (χ4v) is 3.58. The maximum absolute atomic E-state index is 12.0. The third-order valence-corrected chi connectivity index (χ3v) is 4.67. The number of hydrogen-bond acceptors (Lipinski definition) is 4. The molecule has 21 heavy (non-hydrogen) atoms. The summed E-state index contributed by atoms with van der Waals surface area (Å²) in [6, 6.07) is 17.0. The van der Waals surface area contributed by atoms with Gasteiger partial charge in [-0.25, -0.2) is 0 Å². The number of carbonyl (C=O) groups is 1. The van der Waals surface area contributed by atoms with Crippen LogP contribution in [0, 0.1) is 0 Å². The number of carbonyl (C=O) groups excluding carboxylic acids is 1. The summed E-state index contributed by atoms with van der Waals surface area (Å²) in [5, 5.41) is 0. The van der Waals surface area contributed by atoms with Crippen molar-refractivity contribution in [2.45, 2.75) is 11.5 Å². The number of para-hydroxylation sites is 1. The van der Waals surface area contributed by atoms with Crippen molar-refractivity contribution in [2.24, 2.45) is 0 Å². The van der Waals surface area contributed by atoms with Gasteiger partial charge in [-0.1, -0.05) is 42.5 Å². The summed E-state index contributed by atoms with van der Waals surface area (Å²) >= 11 is 0. The molecule has 0 bridgehead atoms. The Morgan fingerprint density at radius 1 is 1.10 bits per heavy atom. The van der Waals surface area contributed by atoms with Gasteiger partial charge in [0.15, 0.2) is 0 Å². The van der Waals surface area contributed by atoms with Crippen LogP contribution in [0.1, 0.15) is 5.56 Å². The second-order valence-corrected chi connectivity index (χ2v) is 6.18. The minimum Gasteiger partial charge on any atom is -0.459 e. The zero-order valence-electron chi connectivity index (χ0n) is 11.4. The quantitative estimate of drug-likeness (QED) is 0.813. The Morgan fingerprint density at radius 2 is 1.81 bits per heavy atom. The monoisotopic (exact) mass is 301 g/mol. The molecular formula is C16H15NO3S. The number of rotatable bonds is 4. The number of hydrogen-bond donors (Lipinski definition) is 0. The Balaban J connectivity index is 1.60. The Bertz CT molecular complexity index is 672. The van der Waals surface area contributed by atoms with Gasteiger partial charge >= 0.3 is 5.97 Å². The Hall–Kier alpha value is -2.14. The molecule has 1 unspecified atom stereocenters. The molecule has 3 rings (SSSR count). The van der Waals surface area contributed by atoms with E-state index in [0.717, 1.165) is 16.1 Å². The van der Waals surface area contributed by atoms with Gasteiger partial charge < -0.3 is 9.64 Å². The first-order chi connectivity index (χ1) is 10.2. The van der Waals surface area contributed by atoms with Crippen LogP contribution in [0.5, 0.6) is 0 Å². The highest BCUT2D eigenvalue weighted by Gasteiger charge is 2.26. The van der Waals surface area contributed by atoms with Crippen molar-refractivity contribution >= 4 is 22.5 Å². The summed E-state index contributed by atoms with van der Waals surface area (Å²) in [4.78, 5) is 14.5. The molecule has 2 aromatic carbocycles. The van der Waals surface area contributed by atoms with Crippen molar-refractivity contribution in [3.63, 3.8) is 0 Å². The molecule has 0 aliphatic carbocycles. The van der Waals surface area contributed by atoms with E-state index >= 15 is 0 Å². The zero-order valence-corrected chi connectivity index (χ0v) is 12.2. The molecule has 0 fully saturated rings. The molecule has 5 heteroatoms. The molecule has 0 saturated carbocycles. The first kappa shape index (κ1) is 13.8. The molecule has 0 amide bonds. The molecular weight excluding hydrogens is 286 g/mol. The van der Waals surface area contributed by atoms with Gasteiger partial charge in [0.05, 0.1) is 27.3 Å². The fourth-order valence-electron chi connectivity index (χ4n) is 2.26. The second-order valence-electron chi connectivity index (χ2n) is 4.79. The second kappa shape index (κ2) is 6.10. The van der Waals surface area contributed by atoms with E-state index in [4.69, 9.17) is 4.74 Å². The fraction of sp³-hybridized carbons (Fsp3) is 0.188. The number of anilines is 1. The molecule has 0 radical (unpaired) electrons. The van der Waals surface area contributed by atoms with Crippen molar-refractivity contribution in [2.75, 3.05) is 17.3 Å². The molecule has 4 nitrogen and oxygen atoms in total. The molecule has 0 N–H and O–H groups in total. The molecule has 0 saturated heterocycles. The van der Waals surface area contributed by atoms with Crippen molar-refractivity contribution in [1.29, 1.82) is 0 Å². The van der Waals surface area contributed by atoms with Crippen LogP contribution in [0.3, 0.4) is 0 Å².